The Morgan fingerprint density at radius 1 is 1.18 bits per heavy atom. The number of ether oxygens (including phenoxy) is 2. The van der Waals surface area contributed by atoms with Crippen LogP contribution < -0.4 is 9.47 Å². The van der Waals surface area contributed by atoms with Gasteiger partial charge in [-0.05, 0) is 37.9 Å². The fourth-order valence-electron chi connectivity index (χ4n) is 4.59. The lowest BCUT2D eigenvalue weighted by Gasteiger charge is -2.29. The lowest BCUT2D eigenvalue weighted by atomic mass is 10.1. The predicted octanol–water partition coefficient (Wildman–Crippen LogP) is 4.10. The summed E-state index contributed by atoms with van der Waals surface area (Å²) in [6.07, 6.45) is 6.37. The molecule has 0 bridgehead atoms. The van der Waals surface area contributed by atoms with Crippen molar-refractivity contribution in [1.82, 2.24) is 24.4 Å². The van der Waals surface area contributed by atoms with E-state index in [0.29, 0.717) is 16.7 Å². The van der Waals surface area contributed by atoms with Crippen LogP contribution in [0, 0.1) is 0 Å². The van der Waals surface area contributed by atoms with Crippen molar-refractivity contribution in [3.05, 3.63) is 35.6 Å². The fraction of sp³-hybridized carbons (Fsp3) is 0.417. The van der Waals surface area contributed by atoms with Crippen molar-refractivity contribution in [2.45, 2.75) is 31.9 Å². The molecule has 0 radical (unpaired) electrons. The number of likely N-dealkylation sites (tertiary alicyclic amines) is 1. The lowest BCUT2D eigenvalue weighted by Crippen LogP contribution is -2.36. The number of hydrogen-bond acceptors (Lipinski definition) is 6. The van der Waals surface area contributed by atoms with Crippen molar-refractivity contribution in [1.29, 1.82) is 0 Å². The van der Waals surface area contributed by atoms with E-state index in [0.717, 1.165) is 78.8 Å². The number of aliphatic hydroxyl groups excluding tert-OH is 1. The summed E-state index contributed by atoms with van der Waals surface area (Å²) in [6.45, 7) is 3.74. The largest absolute Gasteiger partial charge is 0.491 e. The molecule has 0 unspecified atom stereocenters. The van der Waals surface area contributed by atoms with Crippen LogP contribution in [0.4, 0.5) is 0 Å². The Morgan fingerprint density at radius 2 is 2.00 bits per heavy atom. The number of fused-ring (bicyclic) bond motifs is 2. The minimum atomic E-state index is -0.148. The molecule has 0 amide bonds. The second kappa shape index (κ2) is 9.21. The monoisotopic (exact) mass is 469 g/mol. The van der Waals surface area contributed by atoms with E-state index in [4.69, 9.17) is 26.1 Å². The maximum Gasteiger partial charge on any atom is 0.257 e. The van der Waals surface area contributed by atoms with Crippen LogP contribution >= 0.6 is 11.6 Å². The number of methoxy groups -OCH3 is 2. The lowest BCUT2D eigenvalue weighted by molar-refractivity contribution is 0.0816. The summed E-state index contributed by atoms with van der Waals surface area (Å²) < 4.78 is 13.2. The Balaban J connectivity index is 1.50. The number of nitrogens with zero attached hydrogens (tertiary/aromatic N) is 4. The summed E-state index contributed by atoms with van der Waals surface area (Å²) in [5.41, 5.74) is 4.41. The molecule has 2 N–H and O–H groups in total. The number of aryl methyl sites for hydroxylation is 1. The minimum absolute atomic E-state index is 0.148. The van der Waals surface area contributed by atoms with Crippen molar-refractivity contribution in [2.24, 2.45) is 0 Å². The molecule has 33 heavy (non-hydrogen) atoms. The second-order valence-electron chi connectivity index (χ2n) is 8.47. The normalized spacial score (nSPS) is 15.5. The standard InChI is InChI=1S/C24H28ClN5O3/c1-32-21-13-20-22(28-24(21)33-2)17(19-12-16-18(25)4-7-26-23(16)27-19)14-30(20)9-3-8-29-10-5-15(31)6-11-29/h4,7,12-15,31H,3,5-6,8-11H2,1-2H3,(H,26,27). The van der Waals surface area contributed by atoms with E-state index in [1.807, 2.05) is 12.1 Å². The van der Waals surface area contributed by atoms with Crippen LogP contribution in [0.3, 0.4) is 0 Å². The predicted molar refractivity (Wildman–Crippen MR) is 129 cm³/mol. The Morgan fingerprint density at radius 3 is 2.73 bits per heavy atom. The van der Waals surface area contributed by atoms with Gasteiger partial charge in [0.25, 0.3) is 5.88 Å². The summed E-state index contributed by atoms with van der Waals surface area (Å²) in [5, 5.41) is 11.3. The quantitative estimate of drug-likeness (QED) is 0.423. The molecule has 0 aliphatic carbocycles. The number of H-pyrrole nitrogens is 1. The van der Waals surface area contributed by atoms with Crippen molar-refractivity contribution < 1.29 is 14.6 Å². The third-order valence-corrected chi connectivity index (χ3v) is 6.73. The Kier molecular flexibility index (Phi) is 6.14. The van der Waals surface area contributed by atoms with Crippen molar-refractivity contribution >= 4 is 33.7 Å². The number of aromatic nitrogens is 4. The zero-order chi connectivity index (χ0) is 22.9. The zero-order valence-corrected chi connectivity index (χ0v) is 19.6. The van der Waals surface area contributed by atoms with Crippen molar-refractivity contribution in [3.63, 3.8) is 0 Å². The van der Waals surface area contributed by atoms with E-state index in [-0.39, 0.29) is 6.10 Å². The first kappa shape index (κ1) is 22.0. The number of nitrogens with one attached hydrogen (secondary N) is 1. The molecule has 0 spiro atoms. The summed E-state index contributed by atoms with van der Waals surface area (Å²) in [7, 11) is 3.21. The fourth-order valence-corrected chi connectivity index (χ4v) is 4.79. The Labute approximate surface area is 197 Å². The summed E-state index contributed by atoms with van der Waals surface area (Å²) >= 11 is 6.38. The molecule has 5 rings (SSSR count). The summed E-state index contributed by atoms with van der Waals surface area (Å²) in [5.74, 6) is 1.05. The van der Waals surface area contributed by atoms with Crippen LogP contribution in [-0.4, -0.2) is 69.5 Å². The molecule has 0 saturated carbocycles. The van der Waals surface area contributed by atoms with Gasteiger partial charge in [0, 0.05) is 49.0 Å². The number of aromatic amines is 1. The molecule has 1 aliphatic rings. The van der Waals surface area contributed by atoms with Gasteiger partial charge in [0.2, 0.25) is 0 Å². The molecule has 9 heteroatoms. The van der Waals surface area contributed by atoms with Gasteiger partial charge in [0.1, 0.15) is 11.2 Å². The van der Waals surface area contributed by atoms with Gasteiger partial charge in [-0.2, -0.15) is 0 Å². The van der Waals surface area contributed by atoms with E-state index in [1.165, 1.54) is 0 Å². The molecule has 5 heterocycles. The van der Waals surface area contributed by atoms with Gasteiger partial charge in [0.05, 0.1) is 36.6 Å². The highest BCUT2D eigenvalue weighted by molar-refractivity contribution is 6.35. The average molecular weight is 470 g/mol. The van der Waals surface area contributed by atoms with Crippen molar-refractivity contribution in [3.8, 4) is 22.9 Å². The summed E-state index contributed by atoms with van der Waals surface area (Å²) in [6, 6.07) is 5.79. The van der Waals surface area contributed by atoms with Crippen LogP contribution in [0.15, 0.2) is 30.6 Å². The number of halogens is 1. The number of rotatable bonds is 7. The number of hydrogen-bond donors (Lipinski definition) is 2. The number of pyridine rings is 2. The smallest absolute Gasteiger partial charge is 0.257 e. The van der Waals surface area contributed by atoms with Crippen LogP contribution in [0.25, 0.3) is 33.3 Å². The van der Waals surface area contributed by atoms with Gasteiger partial charge in [-0.25, -0.2) is 9.97 Å². The van der Waals surface area contributed by atoms with E-state index >= 15 is 0 Å². The second-order valence-corrected chi connectivity index (χ2v) is 8.88. The number of piperidine rings is 1. The SMILES string of the molecule is COc1cc2c(nc1OC)c(-c1cc3c(Cl)ccnc3[nH]1)cn2CCCN1CCC(O)CC1. The molecular formula is C24H28ClN5O3. The maximum absolute atomic E-state index is 9.75. The van der Waals surface area contributed by atoms with E-state index in [2.05, 4.69) is 25.6 Å². The molecular weight excluding hydrogens is 442 g/mol. The molecule has 0 atom stereocenters. The molecule has 8 nitrogen and oxygen atoms in total. The van der Waals surface area contributed by atoms with Crippen LogP contribution in [0.5, 0.6) is 11.6 Å². The summed E-state index contributed by atoms with van der Waals surface area (Å²) in [4.78, 5) is 15.0. The average Bonchev–Trinajstić information content (AvgIpc) is 3.41. The Hall–Kier alpha value is -2.81. The van der Waals surface area contributed by atoms with Gasteiger partial charge >= 0.3 is 0 Å². The first-order valence-corrected chi connectivity index (χ1v) is 11.6. The van der Waals surface area contributed by atoms with Crippen molar-refractivity contribution in [2.75, 3.05) is 33.9 Å². The van der Waals surface area contributed by atoms with Gasteiger partial charge in [-0.3, -0.25) is 0 Å². The topological polar surface area (TPSA) is 88.4 Å². The maximum atomic E-state index is 9.75. The van der Waals surface area contributed by atoms with Gasteiger partial charge < -0.3 is 29.0 Å². The van der Waals surface area contributed by atoms with E-state index in [9.17, 15) is 5.11 Å². The molecule has 0 aromatic carbocycles. The van der Waals surface area contributed by atoms with Crippen LogP contribution in [0.1, 0.15) is 19.3 Å². The van der Waals surface area contributed by atoms with E-state index < -0.39 is 0 Å². The Bertz CT molecular complexity index is 1280. The van der Waals surface area contributed by atoms with Crippen LogP contribution in [0.2, 0.25) is 5.02 Å². The highest BCUT2D eigenvalue weighted by Crippen LogP contribution is 2.37. The first-order valence-electron chi connectivity index (χ1n) is 11.2. The molecule has 1 fully saturated rings. The van der Waals surface area contributed by atoms with Crippen LogP contribution in [-0.2, 0) is 6.54 Å². The number of aliphatic hydroxyl groups is 1. The zero-order valence-electron chi connectivity index (χ0n) is 18.8. The third kappa shape index (κ3) is 4.26. The molecule has 1 aliphatic heterocycles. The minimum Gasteiger partial charge on any atom is -0.491 e. The highest BCUT2D eigenvalue weighted by Gasteiger charge is 2.20. The van der Waals surface area contributed by atoms with Gasteiger partial charge in [-0.15, -0.1) is 0 Å². The molecule has 4 aromatic rings. The highest BCUT2D eigenvalue weighted by atomic mass is 35.5. The van der Waals surface area contributed by atoms with Gasteiger partial charge in [0.15, 0.2) is 5.75 Å². The first-order chi connectivity index (χ1) is 16.1. The van der Waals surface area contributed by atoms with E-state index in [1.54, 1.807) is 26.5 Å². The third-order valence-electron chi connectivity index (χ3n) is 6.40. The molecule has 1 saturated heterocycles. The molecule has 4 aromatic heterocycles. The molecule has 174 valence electrons. The van der Waals surface area contributed by atoms with Gasteiger partial charge in [-0.1, -0.05) is 11.6 Å².